The van der Waals surface area contributed by atoms with Gasteiger partial charge < -0.3 is 10.4 Å². The minimum absolute atomic E-state index is 0.0770. The lowest BCUT2D eigenvalue weighted by Gasteiger charge is -2.18. The average Bonchev–Trinajstić information content (AvgIpc) is 3.07. The van der Waals surface area contributed by atoms with Crippen molar-refractivity contribution in [2.75, 3.05) is 20.1 Å². The van der Waals surface area contributed by atoms with E-state index in [9.17, 15) is 18.3 Å². The van der Waals surface area contributed by atoms with Crippen LogP contribution in [0.2, 0.25) is 0 Å². The number of amides is 1. The minimum Gasteiger partial charge on any atom is -0.393 e. The molecule has 1 aromatic heterocycles. The van der Waals surface area contributed by atoms with Gasteiger partial charge in [-0.25, -0.2) is 8.42 Å². The van der Waals surface area contributed by atoms with Crippen molar-refractivity contribution in [2.24, 2.45) is 5.92 Å². The Morgan fingerprint density at radius 2 is 2.29 bits per heavy atom. The van der Waals surface area contributed by atoms with Crippen molar-refractivity contribution in [2.45, 2.75) is 29.6 Å². The Labute approximate surface area is 128 Å². The Morgan fingerprint density at radius 3 is 2.86 bits per heavy atom. The fraction of sp³-hybridized carbons (Fsp3) is 0.615. The Hall–Kier alpha value is -0.960. The van der Waals surface area contributed by atoms with Crippen LogP contribution < -0.4 is 5.32 Å². The fourth-order valence-corrected chi connectivity index (χ4v) is 4.74. The number of hydrogen-bond acceptors (Lipinski definition) is 5. The van der Waals surface area contributed by atoms with E-state index >= 15 is 0 Å². The Kier molecular flexibility index (Phi) is 5.37. The van der Waals surface area contributed by atoms with Crippen molar-refractivity contribution in [3.63, 3.8) is 0 Å². The van der Waals surface area contributed by atoms with E-state index in [1.54, 1.807) is 11.4 Å². The highest BCUT2D eigenvalue weighted by Gasteiger charge is 2.27. The van der Waals surface area contributed by atoms with Gasteiger partial charge in [0.1, 0.15) is 4.21 Å². The number of nitrogens with one attached hydrogen (secondary N) is 1. The summed E-state index contributed by atoms with van der Waals surface area (Å²) in [6, 6.07) is 3.18. The van der Waals surface area contributed by atoms with E-state index < -0.39 is 10.0 Å². The van der Waals surface area contributed by atoms with Crippen LogP contribution in [-0.4, -0.2) is 50.0 Å². The summed E-state index contributed by atoms with van der Waals surface area (Å²) >= 11 is 1.12. The van der Waals surface area contributed by atoms with Gasteiger partial charge in [-0.05, 0) is 24.3 Å². The first kappa shape index (κ1) is 16.4. The number of aliphatic hydroxyl groups excluding tert-OH is 1. The van der Waals surface area contributed by atoms with Gasteiger partial charge in [-0.15, -0.1) is 11.3 Å². The molecule has 1 fully saturated rings. The van der Waals surface area contributed by atoms with E-state index in [-0.39, 0.29) is 28.7 Å². The van der Waals surface area contributed by atoms with E-state index in [2.05, 4.69) is 5.32 Å². The first-order valence-electron chi connectivity index (χ1n) is 6.86. The standard InChI is InChI=1S/C13H20N2O4S2/c1-15(21(18,19)13-6-3-7-20-13)9-12(17)14-8-10-4-2-5-11(10)16/h3,6-7,10-11,16H,2,4-5,8-9H2,1H3,(H,14,17). The number of sulfonamides is 1. The quantitative estimate of drug-likeness (QED) is 0.801. The maximum Gasteiger partial charge on any atom is 0.252 e. The molecule has 6 nitrogen and oxygen atoms in total. The van der Waals surface area contributed by atoms with Crippen LogP contribution in [0.1, 0.15) is 19.3 Å². The third kappa shape index (κ3) is 4.03. The molecule has 118 valence electrons. The number of thiophene rings is 1. The predicted molar refractivity (Wildman–Crippen MR) is 80.5 cm³/mol. The largest absolute Gasteiger partial charge is 0.393 e. The van der Waals surface area contributed by atoms with Crippen molar-refractivity contribution >= 4 is 27.3 Å². The third-order valence-electron chi connectivity index (χ3n) is 3.71. The molecular weight excluding hydrogens is 312 g/mol. The van der Waals surface area contributed by atoms with E-state index in [1.807, 2.05) is 0 Å². The number of aliphatic hydroxyl groups is 1. The Balaban J connectivity index is 1.85. The van der Waals surface area contributed by atoms with Crippen LogP contribution >= 0.6 is 11.3 Å². The van der Waals surface area contributed by atoms with Gasteiger partial charge in [0.15, 0.2) is 0 Å². The molecule has 2 N–H and O–H groups in total. The second-order valence-corrected chi connectivity index (χ2v) is 8.47. The smallest absolute Gasteiger partial charge is 0.252 e. The lowest BCUT2D eigenvalue weighted by molar-refractivity contribution is -0.121. The zero-order valence-corrected chi connectivity index (χ0v) is 13.5. The summed E-state index contributed by atoms with van der Waals surface area (Å²) < 4.78 is 25.6. The molecule has 1 aromatic rings. The number of carbonyl (C=O) groups excluding carboxylic acids is 1. The van der Waals surface area contributed by atoms with Gasteiger partial charge in [0.25, 0.3) is 10.0 Å². The van der Waals surface area contributed by atoms with Crippen LogP contribution in [0.3, 0.4) is 0 Å². The van der Waals surface area contributed by atoms with Gasteiger partial charge in [-0.3, -0.25) is 4.79 Å². The molecule has 2 atom stereocenters. The molecule has 2 rings (SSSR count). The molecule has 8 heteroatoms. The SMILES string of the molecule is CN(CC(=O)NCC1CCCC1O)S(=O)(=O)c1cccs1. The van der Waals surface area contributed by atoms with Gasteiger partial charge in [-0.1, -0.05) is 12.5 Å². The number of carbonyl (C=O) groups is 1. The second kappa shape index (κ2) is 6.87. The van der Waals surface area contributed by atoms with Crippen molar-refractivity contribution in [3.05, 3.63) is 17.5 Å². The third-order valence-corrected chi connectivity index (χ3v) is 6.88. The predicted octanol–water partition coefficient (Wildman–Crippen LogP) is 0.646. The van der Waals surface area contributed by atoms with Gasteiger partial charge in [-0.2, -0.15) is 4.31 Å². The normalized spacial score (nSPS) is 22.6. The molecule has 1 heterocycles. The topological polar surface area (TPSA) is 86.7 Å². The second-order valence-electron chi connectivity index (χ2n) is 5.26. The van der Waals surface area contributed by atoms with Crippen molar-refractivity contribution < 1.29 is 18.3 Å². The number of rotatable bonds is 6. The maximum atomic E-state index is 12.2. The Bertz CT molecular complexity index is 571. The van der Waals surface area contributed by atoms with Gasteiger partial charge >= 0.3 is 0 Å². The van der Waals surface area contributed by atoms with E-state index in [0.29, 0.717) is 6.54 Å². The molecule has 0 bridgehead atoms. The highest BCUT2D eigenvalue weighted by atomic mass is 32.2. The van der Waals surface area contributed by atoms with E-state index in [0.717, 1.165) is 34.9 Å². The van der Waals surface area contributed by atoms with E-state index in [4.69, 9.17) is 0 Å². The molecule has 1 aliphatic carbocycles. The van der Waals surface area contributed by atoms with E-state index in [1.165, 1.54) is 13.1 Å². The summed E-state index contributed by atoms with van der Waals surface area (Å²) in [6.07, 6.45) is 2.27. The summed E-state index contributed by atoms with van der Waals surface area (Å²) in [5.41, 5.74) is 0. The molecule has 1 aliphatic rings. The average molecular weight is 332 g/mol. The molecule has 0 aromatic carbocycles. The molecule has 0 radical (unpaired) electrons. The maximum absolute atomic E-state index is 12.2. The van der Waals surface area contributed by atoms with Crippen molar-refractivity contribution in [1.29, 1.82) is 0 Å². The lowest BCUT2D eigenvalue weighted by Crippen LogP contribution is -2.40. The van der Waals surface area contributed by atoms with Crippen LogP contribution in [-0.2, 0) is 14.8 Å². The van der Waals surface area contributed by atoms with Crippen molar-refractivity contribution in [1.82, 2.24) is 9.62 Å². The Morgan fingerprint density at radius 1 is 1.52 bits per heavy atom. The summed E-state index contributed by atoms with van der Waals surface area (Å²) in [4.78, 5) is 11.8. The number of nitrogens with zero attached hydrogens (tertiary/aromatic N) is 1. The molecule has 0 aliphatic heterocycles. The molecule has 21 heavy (non-hydrogen) atoms. The van der Waals surface area contributed by atoms with Crippen LogP contribution in [0.15, 0.2) is 21.7 Å². The molecule has 1 amide bonds. The molecule has 2 unspecified atom stereocenters. The van der Waals surface area contributed by atoms with Gasteiger partial charge in [0.2, 0.25) is 5.91 Å². The summed E-state index contributed by atoms with van der Waals surface area (Å²) in [5, 5.41) is 14.1. The molecule has 1 saturated carbocycles. The van der Waals surface area contributed by atoms with Crippen molar-refractivity contribution in [3.8, 4) is 0 Å². The lowest BCUT2D eigenvalue weighted by atomic mass is 10.1. The van der Waals surface area contributed by atoms with Gasteiger partial charge in [0, 0.05) is 19.5 Å². The van der Waals surface area contributed by atoms with Crippen LogP contribution in [0.4, 0.5) is 0 Å². The van der Waals surface area contributed by atoms with Gasteiger partial charge in [0.05, 0.1) is 12.6 Å². The zero-order chi connectivity index (χ0) is 15.5. The first-order valence-corrected chi connectivity index (χ1v) is 9.18. The monoisotopic (exact) mass is 332 g/mol. The van der Waals surface area contributed by atoms with Crippen LogP contribution in [0.5, 0.6) is 0 Å². The number of hydrogen-bond donors (Lipinski definition) is 2. The minimum atomic E-state index is -3.60. The highest BCUT2D eigenvalue weighted by molar-refractivity contribution is 7.91. The molecular formula is C13H20N2O4S2. The first-order chi connectivity index (χ1) is 9.91. The van der Waals surface area contributed by atoms with Crippen LogP contribution in [0.25, 0.3) is 0 Å². The number of likely N-dealkylation sites (N-methyl/N-ethyl adjacent to an activating group) is 1. The summed E-state index contributed by atoms with van der Waals surface area (Å²) in [5.74, 6) is -0.273. The summed E-state index contributed by atoms with van der Waals surface area (Å²) in [7, 11) is -2.21. The zero-order valence-electron chi connectivity index (χ0n) is 11.9. The summed E-state index contributed by atoms with van der Waals surface area (Å²) in [6.45, 7) is 0.177. The molecule has 0 spiro atoms. The van der Waals surface area contributed by atoms with Crippen LogP contribution in [0, 0.1) is 5.92 Å². The fourth-order valence-electron chi connectivity index (χ4n) is 2.41. The highest BCUT2D eigenvalue weighted by Crippen LogP contribution is 2.24. The molecule has 0 saturated heterocycles.